The lowest BCUT2D eigenvalue weighted by Gasteiger charge is -2.04. The molecular formula is C12H8N2O2S. The number of benzene rings is 1. The van der Waals surface area contributed by atoms with E-state index in [9.17, 15) is 4.79 Å². The van der Waals surface area contributed by atoms with E-state index in [1.54, 1.807) is 23.7 Å². The molecule has 0 radical (unpaired) electrons. The maximum absolute atomic E-state index is 11.9. The van der Waals surface area contributed by atoms with Crippen molar-refractivity contribution in [2.24, 2.45) is 0 Å². The van der Waals surface area contributed by atoms with Crippen LogP contribution in [0, 0.1) is 0 Å². The number of nitrogens with zero attached hydrogens (tertiary/aromatic N) is 1. The molecule has 2 heterocycles. The fourth-order valence-electron chi connectivity index (χ4n) is 1.72. The summed E-state index contributed by atoms with van der Waals surface area (Å²) in [6.07, 6.45) is 1.63. The molecule has 5 heteroatoms. The zero-order valence-corrected chi connectivity index (χ0v) is 9.53. The van der Waals surface area contributed by atoms with E-state index in [-0.39, 0.29) is 0 Å². The van der Waals surface area contributed by atoms with Gasteiger partial charge in [-0.25, -0.2) is 9.78 Å². The Bertz CT molecular complexity index is 732. The average Bonchev–Trinajstić information content (AvgIpc) is 2.83. The van der Waals surface area contributed by atoms with E-state index in [4.69, 9.17) is 10.2 Å². The third-order valence-corrected chi connectivity index (χ3v) is 3.29. The van der Waals surface area contributed by atoms with E-state index in [1.165, 1.54) is 11.3 Å². The van der Waals surface area contributed by atoms with Crippen molar-refractivity contribution in [1.29, 1.82) is 0 Å². The summed E-state index contributed by atoms with van der Waals surface area (Å²) in [7, 11) is 0. The largest absolute Gasteiger partial charge is 0.422 e. The van der Waals surface area contributed by atoms with Crippen molar-refractivity contribution in [2.45, 2.75) is 0 Å². The van der Waals surface area contributed by atoms with Gasteiger partial charge < -0.3 is 10.2 Å². The summed E-state index contributed by atoms with van der Waals surface area (Å²) in [5.41, 5.74) is 6.83. The van der Waals surface area contributed by atoms with Crippen LogP contribution in [0.25, 0.3) is 21.5 Å². The highest BCUT2D eigenvalue weighted by Gasteiger charge is 2.15. The molecule has 0 amide bonds. The third-order valence-electron chi connectivity index (χ3n) is 2.50. The number of rotatable bonds is 1. The van der Waals surface area contributed by atoms with Crippen LogP contribution in [0.2, 0.25) is 0 Å². The number of anilines is 1. The van der Waals surface area contributed by atoms with E-state index in [1.807, 2.05) is 12.1 Å². The van der Waals surface area contributed by atoms with Crippen LogP contribution in [-0.2, 0) is 0 Å². The molecule has 0 saturated heterocycles. The summed E-state index contributed by atoms with van der Waals surface area (Å²) in [6, 6.07) is 7.20. The molecule has 84 valence electrons. The molecule has 3 aromatic rings. The molecule has 17 heavy (non-hydrogen) atoms. The Hall–Kier alpha value is -2.14. The zero-order chi connectivity index (χ0) is 11.8. The summed E-state index contributed by atoms with van der Waals surface area (Å²) < 4.78 is 5.23. The summed E-state index contributed by atoms with van der Waals surface area (Å²) in [5, 5.41) is 3.11. The first-order valence-electron chi connectivity index (χ1n) is 4.98. The number of fused-ring (bicyclic) bond motifs is 1. The molecule has 0 fully saturated rings. The minimum atomic E-state index is -0.448. The van der Waals surface area contributed by atoms with E-state index in [2.05, 4.69) is 4.98 Å². The van der Waals surface area contributed by atoms with Crippen molar-refractivity contribution < 1.29 is 4.42 Å². The summed E-state index contributed by atoms with van der Waals surface area (Å²) >= 11 is 1.36. The molecular weight excluding hydrogens is 236 g/mol. The number of nitrogen functional groups attached to an aromatic ring is 1. The second-order valence-electron chi connectivity index (χ2n) is 3.51. The van der Waals surface area contributed by atoms with Gasteiger partial charge in [-0.05, 0) is 12.1 Å². The number of hydrogen-bond acceptors (Lipinski definition) is 5. The highest BCUT2D eigenvalue weighted by atomic mass is 32.1. The molecule has 0 atom stereocenters. The standard InChI is InChI=1S/C12H8N2O2S/c13-10-7-3-1-2-4-8(7)16-12(15)9(10)11-14-5-6-17-11/h1-6H,13H2. The average molecular weight is 244 g/mol. The van der Waals surface area contributed by atoms with E-state index >= 15 is 0 Å². The first-order valence-corrected chi connectivity index (χ1v) is 5.86. The molecule has 0 aliphatic carbocycles. The second-order valence-corrected chi connectivity index (χ2v) is 4.41. The highest BCUT2D eigenvalue weighted by Crippen LogP contribution is 2.30. The van der Waals surface area contributed by atoms with Crippen molar-refractivity contribution in [3.8, 4) is 10.6 Å². The van der Waals surface area contributed by atoms with Gasteiger partial charge in [0.15, 0.2) is 0 Å². The van der Waals surface area contributed by atoms with Gasteiger partial charge in [0.05, 0.1) is 5.69 Å². The van der Waals surface area contributed by atoms with Crippen LogP contribution in [0.1, 0.15) is 0 Å². The van der Waals surface area contributed by atoms with E-state index < -0.39 is 5.63 Å². The zero-order valence-electron chi connectivity index (χ0n) is 8.71. The van der Waals surface area contributed by atoms with Crippen molar-refractivity contribution in [3.63, 3.8) is 0 Å². The fraction of sp³-hybridized carbons (Fsp3) is 0. The van der Waals surface area contributed by atoms with Crippen LogP contribution in [0.15, 0.2) is 45.1 Å². The Morgan fingerprint density at radius 1 is 1.29 bits per heavy atom. The Balaban J connectivity index is 2.44. The molecule has 0 unspecified atom stereocenters. The van der Waals surface area contributed by atoms with E-state index in [0.717, 1.165) is 5.39 Å². The molecule has 0 saturated carbocycles. The van der Waals surface area contributed by atoms with Crippen LogP contribution in [0.5, 0.6) is 0 Å². The topological polar surface area (TPSA) is 69.1 Å². The molecule has 0 aliphatic rings. The van der Waals surface area contributed by atoms with Gasteiger partial charge in [0.2, 0.25) is 0 Å². The minimum absolute atomic E-state index is 0.346. The van der Waals surface area contributed by atoms with Gasteiger partial charge >= 0.3 is 5.63 Å². The monoisotopic (exact) mass is 244 g/mol. The van der Waals surface area contributed by atoms with Crippen LogP contribution >= 0.6 is 11.3 Å². The first kappa shape index (κ1) is 10.0. The number of para-hydroxylation sites is 1. The van der Waals surface area contributed by atoms with Gasteiger partial charge in [-0.2, -0.15) is 0 Å². The molecule has 0 spiro atoms. The van der Waals surface area contributed by atoms with Crippen LogP contribution in [-0.4, -0.2) is 4.98 Å². The molecule has 0 aliphatic heterocycles. The van der Waals surface area contributed by atoms with Crippen molar-refractivity contribution >= 4 is 28.0 Å². The van der Waals surface area contributed by atoms with Gasteiger partial charge in [0.25, 0.3) is 0 Å². The van der Waals surface area contributed by atoms with Crippen LogP contribution in [0.3, 0.4) is 0 Å². The summed E-state index contributed by atoms with van der Waals surface area (Å²) in [4.78, 5) is 16.0. The number of hydrogen-bond donors (Lipinski definition) is 1. The summed E-state index contributed by atoms with van der Waals surface area (Å²) in [5.74, 6) is 0. The van der Waals surface area contributed by atoms with Crippen molar-refractivity contribution in [3.05, 3.63) is 46.3 Å². The molecule has 2 N–H and O–H groups in total. The maximum Gasteiger partial charge on any atom is 0.348 e. The van der Waals surface area contributed by atoms with Gasteiger partial charge in [-0.3, -0.25) is 0 Å². The van der Waals surface area contributed by atoms with Crippen LogP contribution in [0.4, 0.5) is 5.69 Å². The van der Waals surface area contributed by atoms with Crippen LogP contribution < -0.4 is 11.4 Å². The lowest BCUT2D eigenvalue weighted by molar-refractivity contribution is 0.564. The Kier molecular flexibility index (Phi) is 2.19. The molecule has 0 bridgehead atoms. The van der Waals surface area contributed by atoms with Crippen molar-refractivity contribution in [2.75, 3.05) is 5.73 Å². The predicted molar refractivity (Wildman–Crippen MR) is 68.0 cm³/mol. The van der Waals surface area contributed by atoms with Gasteiger partial charge in [-0.15, -0.1) is 11.3 Å². The van der Waals surface area contributed by atoms with Gasteiger partial charge in [-0.1, -0.05) is 12.1 Å². The molecule has 1 aromatic carbocycles. The Labute approximate surface area is 100 Å². The number of nitrogens with two attached hydrogens (primary N) is 1. The molecule has 4 nitrogen and oxygen atoms in total. The quantitative estimate of drug-likeness (QED) is 0.668. The highest BCUT2D eigenvalue weighted by molar-refractivity contribution is 7.13. The summed E-state index contributed by atoms with van der Waals surface area (Å²) in [6.45, 7) is 0. The lowest BCUT2D eigenvalue weighted by Crippen LogP contribution is -2.07. The molecule has 3 rings (SSSR count). The maximum atomic E-state index is 11.9. The fourth-order valence-corrected chi connectivity index (χ4v) is 2.41. The lowest BCUT2D eigenvalue weighted by atomic mass is 10.1. The number of aromatic nitrogens is 1. The SMILES string of the molecule is Nc1c(-c2nccs2)c(=O)oc2ccccc12. The molecule has 2 aromatic heterocycles. The second kappa shape index (κ2) is 3.71. The minimum Gasteiger partial charge on any atom is -0.422 e. The number of thiazole rings is 1. The predicted octanol–water partition coefficient (Wildman–Crippen LogP) is 2.50. The van der Waals surface area contributed by atoms with E-state index in [0.29, 0.717) is 21.8 Å². The smallest absolute Gasteiger partial charge is 0.348 e. The van der Waals surface area contributed by atoms with Crippen molar-refractivity contribution in [1.82, 2.24) is 4.98 Å². The Morgan fingerprint density at radius 3 is 2.88 bits per heavy atom. The normalized spacial score (nSPS) is 10.8. The van der Waals surface area contributed by atoms with Gasteiger partial charge in [0, 0.05) is 17.0 Å². The first-order chi connectivity index (χ1) is 8.27. The Morgan fingerprint density at radius 2 is 2.12 bits per heavy atom. The van der Waals surface area contributed by atoms with Gasteiger partial charge in [0.1, 0.15) is 16.2 Å². The third kappa shape index (κ3) is 1.52.